The number of nitrogens with zero attached hydrogens (tertiary/aromatic N) is 2. The van der Waals surface area contributed by atoms with E-state index in [0.29, 0.717) is 37.0 Å². The molecule has 3 aliphatic rings. The van der Waals surface area contributed by atoms with Gasteiger partial charge in [-0.05, 0) is 37.7 Å². The van der Waals surface area contributed by atoms with Crippen LogP contribution in [0.1, 0.15) is 52.2 Å². The fourth-order valence-corrected chi connectivity index (χ4v) is 3.99. The number of fused-ring (bicyclic) bond motifs is 1. The number of carbonyl (C=O) groups excluding carboxylic acids is 1. The first-order valence-electron chi connectivity index (χ1n) is 8.60. The van der Waals surface area contributed by atoms with E-state index in [9.17, 15) is 19.8 Å². The van der Waals surface area contributed by atoms with Gasteiger partial charge < -0.3 is 24.4 Å². The Balaban J connectivity index is 1.65. The molecule has 1 aromatic rings. The Labute approximate surface area is 139 Å². The third-order valence-electron chi connectivity index (χ3n) is 5.42. The third-order valence-corrected chi connectivity index (χ3v) is 5.42. The minimum absolute atomic E-state index is 0.136. The van der Waals surface area contributed by atoms with Gasteiger partial charge in [0, 0.05) is 13.1 Å². The molecule has 0 radical (unpaired) electrons. The van der Waals surface area contributed by atoms with Crippen molar-refractivity contribution in [2.45, 2.75) is 51.0 Å². The maximum Gasteiger partial charge on any atom is 0.337 e. The van der Waals surface area contributed by atoms with Crippen molar-refractivity contribution < 1.29 is 24.5 Å². The number of aromatic carboxylic acids is 1. The Morgan fingerprint density at radius 1 is 1.25 bits per heavy atom. The Kier molecular flexibility index (Phi) is 3.85. The minimum atomic E-state index is -1.04. The molecular formula is C17H22N2O5. The van der Waals surface area contributed by atoms with E-state index in [1.165, 1.54) is 6.07 Å². The van der Waals surface area contributed by atoms with Crippen LogP contribution in [0, 0.1) is 5.92 Å². The van der Waals surface area contributed by atoms with Crippen molar-refractivity contribution in [3.8, 4) is 0 Å². The summed E-state index contributed by atoms with van der Waals surface area (Å²) in [5.41, 5.74) is 1.09. The lowest BCUT2D eigenvalue weighted by atomic mass is 10.0. The first-order chi connectivity index (χ1) is 11.6. The van der Waals surface area contributed by atoms with Crippen LogP contribution in [0.5, 0.6) is 0 Å². The zero-order chi connectivity index (χ0) is 16.8. The van der Waals surface area contributed by atoms with Crippen molar-refractivity contribution >= 4 is 11.9 Å². The molecular weight excluding hydrogens is 312 g/mol. The number of hydrogen-bond donors (Lipinski definition) is 2. The van der Waals surface area contributed by atoms with Crippen molar-refractivity contribution in [3.05, 3.63) is 23.0 Å². The van der Waals surface area contributed by atoms with Gasteiger partial charge in [-0.25, -0.2) is 4.79 Å². The number of amides is 1. The molecule has 1 amide bonds. The summed E-state index contributed by atoms with van der Waals surface area (Å²) in [4.78, 5) is 26.3. The van der Waals surface area contributed by atoms with Crippen LogP contribution in [0.4, 0.5) is 0 Å². The zero-order valence-electron chi connectivity index (χ0n) is 13.5. The summed E-state index contributed by atoms with van der Waals surface area (Å²) in [7, 11) is 0. The zero-order valence-corrected chi connectivity index (χ0v) is 13.5. The molecule has 7 nitrogen and oxygen atoms in total. The fraction of sp³-hybridized carbons (Fsp3) is 0.647. The quantitative estimate of drug-likeness (QED) is 0.860. The summed E-state index contributed by atoms with van der Waals surface area (Å²) in [6.07, 6.45) is 3.28. The van der Waals surface area contributed by atoms with Crippen molar-refractivity contribution in [1.29, 1.82) is 0 Å². The predicted molar refractivity (Wildman–Crippen MR) is 83.8 cm³/mol. The van der Waals surface area contributed by atoms with Crippen molar-refractivity contribution in [2.24, 2.45) is 5.92 Å². The van der Waals surface area contributed by atoms with Crippen molar-refractivity contribution in [1.82, 2.24) is 9.47 Å². The van der Waals surface area contributed by atoms with E-state index in [4.69, 9.17) is 4.74 Å². The number of carbonyl (C=O) groups is 2. The van der Waals surface area contributed by atoms with Crippen LogP contribution in [0.15, 0.2) is 6.07 Å². The van der Waals surface area contributed by atoms with Gasteiger partial charge in [-0.15, -0.1) is 0 Å². The van der Waals surface area contributed by atoms with Crippen LogP contribution >= 0.6 is 0 Å². The first-order valence-corrected chi connectivity index (χ1v) is 8.60. The highest BCUT2D eigenvalue weighted by molar-refractivity contribution is 5.98. The minimum Gasteiger partial charge on any atom is -0.478 e. The summed E-state index contributed by atoms with van der Waals surface area (Å²) < 4.78 is 7.13. The van der Waals surface area contributed by atoms with Crippen molar-refractivity contribution in [2.75, 3.05) is 13.2 Å². The second-order valence-corrected chi connectivity index (χ2v) is 6.94. The largest absolute Gasteiger partial charge is 0.478 e. The lowest BCUT2D eigenvalue weighted by Crippen LogP contribution is -2.44. The van der Waals surface area contributed by atoms with Gasteiger partial charge in [-0.3, -0.25) is 4.79 Å². The molecule has 1 unspecified atom stereocenters. The van der Waals surface area contributed by atoms with Crippen LogP contribution in [0.25, 0.3) is 0 Å². The number of likely N-dealkylation sites (tertiary alicyclic amines) is 1. The van der Waals surface area contributed by atoms with E-state index in [1.807, 2.05) is 0 Å². The maximum atomic E-state index is 13.1. The van der Waals surface area contributed by atoms with Gasteiger partial charge in [-0.1, -0.05) is 0 Å². The number of ether oxygens (including phenoxy) is 1. The summed E-state index contributed by atoms with van der Waals surface area (Å²) in [6.45, 7) is 1.78. The van der Waals surface area contributed by atoms with Gasteiger partial charge in [0.05, 0.1) is 36.6 Å². The number of hydrogen-bond acceptors (Lipinski definition) is 4. The SMILES string of the molecule is O=C(O)c1cc(C(=O)N2CCC[C@@H]2C(O)C2CC2)n2c1COCC2. The smallest absolute Gasteiger partial charge is 0.337 e. The summed E-state index contributed by atoms with van der Waals surface area (Å²) in [5, 5.41) is 19.9. The van der Waals surface area contributed by atoms with E-state index in [2.05, 4.69) is 0 Å². The lowest BCUT2D eigenvalue weighted by Gasteiger charge is -2.29. The van der Waals surface area contributed by atoms with Crippen LogP contribution in [0.3, 0.4) is 0 Å². The van der Waals surface area contributed by atoms with Crippen LogP contribution in [0.2, 0.25) is 0 Å². The van der Waals surface area contributed by atoms with Gasteiger partial charge in [0.1, 0.15) is 5.69 Å². The molecule has 7 heteroatoms. The Morgan fingerprint density at radius 3 is 2.75 bits per heavy atom. The molecule has 1 aromatic heterocycles. The molecule has 2 fully saturated rings. The topological polar surface area (TPSA) is 92.0 Å². The second-order valence-electron chi connectivity index (χ2n) is 6.94. The predicted octanol–water partition coefficient (Wildman–Crippen LogP) is 1.09. The third kappa shape index (κ3) is 2.52. The number of carboxylic acids is 1. The normalized spacial score (nSPS) is 24.7. The van der Waals surface area contributed by atoms with E-state index < -0.39 is 12.1 Å². The molecule has 2 N–H and O–H groups in total. The average molecular weight is 334 g/mol. The number of aliphatic hydroxyl groups is 1. The Hall–Kier alpha value is -1.86. The molecule has 3 heterocycles. The Morgan fingerprint density at radius 2 is 2.04 bits per heavy atom. The highest BCUT2D eigenvalue weighted by Crippen LogP contribution is 2.38. The fourth-order valence-electron chi connectivity index (χ4n) is 3.99. The molecule has 130 valence electrons. The monoisotopic (exact) mass is 334 g/mol. The van der Waals surface area contributed by atoms with Gasteiger partial charge in [0.25, 0.3) is 5.91 Å². The molecule has 4 rings (SSSR count). The summed E-state index contributed by atoms with van der Waals surface area (Å²) >= 11 is 0. The Bertz CT molecular complexity index is 679. The maximum absolute atomic E-state index is 13.1. The average Bonchev–Trinajstić information content (AvgIpc) is 3.18. The number of aromatic nitrogens is 1. The number of carboxylic acid groups (broad SMARTS) is 1. The molecule has 0 aromatic carbocycles. The second kappa shape index (κ2) is 5.89. The van der Waals surface area contributed by atoms with Gasteiger partial charge in [0.15, 0.2) is 0 Å². The molecule has 1 saturated heterocycles. The molecule has 2 aliphatic heterocycles. The standard InChI is InChI=1S/C17H22N2O5/c20-15(10-3-4-10)12-2-1-5-19(12)16(21)13-8-11(17(22)23)14-9-24-7-6-18(13)14/h8,10,12,15,20H,1-7,9H2,(H,22,23)/t12-,15?/m1/s1. The number of rotatable bonds is 4. The first kappa shape index (κ1) is 15.7. The van der Waals surface area contributed by atoms with E-state index in [1.54, 1.807) is 9.47 Å². The molecule has 24 heavy (non-hydrogen) atoms. The molecule has 1 aliphatic carbocycles. The van der Waals surface area contributed by atoms with E-state index in [0.717, 1.165) is 25.7 Å². The molecule has 1 saturated carbocycles. The number of aliphatic hydroxyl groups excluding tert-OH is 1. The van der Waals surface area contributed by atoms with Crippen LogP contribution in [-0.2, 0) is 17.9 Å². The molecule has 0 spiro atoms. The van der Waals surface area contributed by atoms with Gasteiger partial charge in [0.2, 0.25) is 0 Å². The van der Waals surface area contributed by atoms with Crippen LogP contribution in [-0.4, -0.2) is 56.9 Å². The highest BCUT2D eigenvalue weighted by atomic mass is 16.5. The van der Waals surface area contributed by atoms with Gasteiger partial charge in [-0.2, -0.15) is 0 Å². The lowest BCUT2D eigenvalue weighted by molar-refractivity contribution is 0.0397. The summed E-state index contributed by atoms with van der Waals surface area (Å²) in [5.74, 6) is -0.903. The molecule has 0 bridgehead atoms. The van der Waals surface area contributed by atoms with Crippen LogP contribution < -0.4 is 0 Å². The van der Waals surface area contributed by atoms with E-state index >= 15 is 0 Å². The van der Waals surface area contributed by atoms with Gasteiger partial charge >= 0.3 is 5.97 Å². The summed E-state index contributed by atoms with van der Waals surface area (Å²) in [6, 6.07) is 1.32. The van der Waals surface area contributed by atoms with E-state index in [-0.39, 0.29) is 24.1 Å². The molecule has 2 atom stereocenters. The van der Waals surface area contributed by atoms with Crippen molar-refractivity contribution in [3.63, 3.8) is 0 Å². The highest BCUT2D eigenvalue weighted by Gasteiger charge is 2.42.